The molecule has 1 heterocycles. The summed E-state index contributed by atoms with van der Waals surface area (Å²) < 4.78 is 1.81. The summed E-state index contributed by atoms with van der Waals surface area (Å²) in [4.78, 5) is 16.2. The molecule has 0 N–H and O–H groups in total. The molecule has 0 bridgehead atoms. The Morgan fingerprint density at radius 1 is 1.57 bits per heavy atom. The number of Topliss-reactive ketones (excluding diaryl/α,β-unsaturated/α-hetero) is 1. The zero-order chi connectivity index (χ0) is 10.1. The van der Waals surface area contributed by atoms with Gasteiger partial charge in [-0.05, 0) is 18.8 Å². The van der Waals surface area contributed by atoms with E-state index in [0.29, 0.717) is 11.7 Å². The zero-order valence-corrected chi connectivity index (χ0v) is 8.73. The van der Waals surface area contributed by atoms with Crippen LogP contribution in [0.2, 0.25) is 0 Å². The predicted molar refractivity (Wildman–Crippen MR) is 54.0 cm³/mol. The fourth-order valence-electron chi connectivity index (χ4n) is 2.30. The van der Waals surface area contributed by atoms with E-state index >= 15 is 0 Å². The molecule has 1 aliphatic carbocycles. The molecule has 0 saturated heterocycles. The molecule has 14 heavy (non-hydrogen) atoms. The van der Waals surface area contributed by atoms with E-state index in [0.717, 1.165) is 6.42 Å². The van der Waals surface area contributed by atoms with E-state index in [4.69, 9.17) is 0 Å². The van der Waals surface area contributed by atoms with Crippen molar-refractivity contribution >= 4 is 5.78 Å². The molecule has 0 aliphatic heterocycles. The maximum absolute atomic E-state index is 12.1. The Morgan fingerprint density at radius 2 is 2.36 bits per heavy atom. The van der Waals surface area contributed by atoms with E-state index in [1.807, 2.05) is 17.8 Å². The molecule has 0 spiro atoms. The van der Waals surface area contributed by atoms with Crippen molar-refractivity contribution < 1.29 is 4.79 Å². The minimum atomic E-state index is 0.205. The molecular formula is C11H16N2O. The number of hydrogen-bond acceptors (Lipinski definition) is 2. The number of aryl methyl sites for hydroxylation is 1. The number of hydrogen-bond donors (Lipinski definition) is 0. The highest BCUT2D eigenvalue weighted by molar-refractivity contribution is 5.95. The molecular weight excluding hydrogens is 176 g/mol. The van der Waals surface area contributed by atoms with Gasteiger partial charge in [-0.1, -0.05) is 13.3 Å². The maximum atomic E-state index is 12.1. The molecule has 2 unspecified atom stereocenters. The molecule has 0 amide bonds. The molecule has 3 nitrogen and oxygen atoms in total. The van der Waals surface area contributed by atoms with Crippen LogP contribution in [-0.2, 0) is 7.05 Å². The fraction of sp³-hybridized carbons (Fsp3) is 0.636. The van der Waals surface area contributed by atoms with Gasteiger partial charge in [0.25, 0.3) is 0 Å². The van der Waals surface area contributed by atoms with Gasteiger partial charge in [0, 0.05) is 25.4 Å². The van der Waals surface area contributed by atoms with Crippen LogP contribution in [0, 0.1) is 11.8 Å². The second-order valence-corrected chi connectivity index (χ2v) is 4.24. The lowest BCUT2D eigenvalue weighted by atomic mass is 9.93. The minimum absolute atomic E-state index is 0.205. The number of aromatic nitrogens is 2. The van der Waals surface area contributed by atoms with Gasteiger partial charge >= 0.3 is 0 Å². The first kappa shape index (κ1) is 9.44. The summed E-state index contributed by atoms with van der Waals surface area (Å²) in [6.07, 6.45) is 6.91. The van der Waals surface area contributed by atoms with Crippen molar-refractivity contribution in [2.45, 2.75) is 26.2 Å². The highest BCUT2D eigenvalue weighted by atomic mass is 16.1. The van der Waals surface area contributed by atoms with E-state index in [2.05, 4.69) is 11.9 Å². The molecule has 1 saturated carbocycles. The minimum Gasteiger partial charge on any atom is -0.332 e. The Kier molecular flexibility index (Phi) is 2.40. The van der Waals surface area contributed by atoms with E-state index in [9.17, 15) is 4.79 Å². The van der Waals surface area contributed by atoms with Gasteiger partial charge in [-0.25, -0.2) is 4.98 Å². The van der Waals surface area contributed by atoms with Crippen LogP contribution >= 0.6 is 0 Å². The Balaban J connectivity index is 2.20. The molecule has 1 aromatic heterocycles. The van der Waals surface area contributed by atoms with E-state index in [1.165, 1.54) is 12.8 Å². The van der Waals surface area contributed by atoms with Crippen molar-refractivity contribution in [1.82, 2.24) is 9.55 Å². The summed E-state index contributed by atoms with van der Waals surface area (Å²) in [6.45, 7) is 2.17. The topological polar surface area (TPSA) is 34.9 Å². The van der Waals surface area contributed by atoms with Crippen molar-refractivity contribution in [3.8, 4) is 0 Å². The number of imidazole rings is 1. The Bertz CT molecular complexity index is 343. The van der Waals surface area contributed by atoms with Crippen LogP contribution in [-0.4, -0.2) is 15.3 Å². The lowest BCUT2D eigenvalue weighted by Gasteiger charge is -2.12. The highest BCUT2D eigenvalue weighted by Gasteiger charge is 2.31. The Morgan fingerprint density at radius 3 is 2.86 bits per heavy atom. The summed E-state index contributed by atoms with van der Waals surface area (Å²) >= 11 is 0. The van der Waals surface area contributed by atoms with Crippen LogP contribution in [0.3, 0.4) is 0 Å². The number of ketones is 1. The molecule has 0 aromatic carbocycles. The molecule has 1 aromatic rings. The van der Waals surface area contributed by atoms with Gasteiger partial charge < -0.3 is 4.57 Å². The normalized spacial score (nSPS) is 26.7. The van der Waals surface area contributed by atoms with Crippen molar-refractivity contribution in [3.63, 3.8) is 0 Å². The largest absolute Gasteiger partial charge is 0.332 e. The van der Waals surface area contributed by atoms with E-state index in [-0.39, 0.29) is 11.7 Å². The number of carbonyl (C=O) groups excluding carboxylic acids is 1. The summed E-state index contributed by atoms with van der Waals surface area (Å²) in [5, 5.41) is 0. The van der Waals surface area contributed by atoms with Crippen molar-refractivity contribution in [2.24, 2.45) is 18.9 Å². The van der Waals surface area contributed by atoms with Crippen molar-refractivity contribution in [3.05, 3.63) is 18.2 Å². The van der Waals surface area contributed by atoms with E-state index < -0.39 is 0 Å². The smallest absolute Gasteiger partial charge is 0.201 e. The van der Waals surface area contributed by atoms with Crippen molar-refractivity contribution in [1.29, 1.82) is 0 Å². The van der Waals surface area contributed by atoms with Crippen LogP contribution < -0.4 is 0 Å². The third kappa shape index (κ3) is 1.47. The summed E-state index contributed by atoms with van der Waals surface area (Å²) in [5.41, 5.74) is 0. The first-order chi connectivity index (χ1) is 6.70. The van der Waals surface area contributed by atoms with Crippen LogP contribution in [0.4, 0.5) is 0 Å². The Hall–Kier alpha value is -1.12. The molecule has 3 heteroatoms. The van der Waals surface area contributed by atoms with Crippen LogP contribution in [0.1, 0.15) is 36.8 Å². The maximum Gasteiger partial charge on any atom is 0.201 e. The summed E-state index contributed by atoms with van der Waals surface area (Å²) in [6, 6.07) is 0. The average Bonchev–Trinajstić information content (AvgIpc) is 2.73. The zero-order valence-electron chi connectivity index (χ0n) is 8.73. The summed E-state index contributed by atoms with van der Waals surface area (Å²) in [7, 11) is 1.87. The molecule has 1 aliphatic rings. The van der Waals surface area contributed by atoms with Crippen LogP contribution in [0.5, 0.6) is 0 Å². The predicted octanol–water partition coefficient (Wildman–Crippen LogP) is 2.04. The van der Waals surface area contributed by atoms with Gasteiger partial charge in [-0.15, -0.1) is 0 Å². The third-order valence-corrected chi connectivity index (χ3v) is 3.24. The second kappa shape index (κ2) is 3.56. The van der Waals surface area contributed by atoms with Gasteiger partial charge in [0.05, 0.1) is 0 Å². The average molecular weight is 192 g/mol. The number of carbonyl (C=O) groups is 1. The molecule has 2 atom stereocenters. The second-order valence-electron chi connectivity index (χ2n) is 4.24. The van der Waals surface area contributed by atoms with E-state index in [1.54, 1.807) is 6.20 Å². The molecule has 0 radical (unpaired) electrons. The summed E-state index contributed by atoms with van der Waals surface area (Å²) in [5.74, 6) is 1.57. The van der Waals surface area contributed by atoms with Gasteiger partial charge in [0.1, 0.15) is 0 Å². The SMILES string of the molecule is CC1CCCC1C(=O)c1nccn1C. The highest BCUT2D eigenvalue weighted by Crippen LogP contribution is 2.33. The molecule has 2 rings (SSSR count). The van der Waals surface area contributed by atoms with Crippen LogP contribution in [0.15, 0.2) is 12.4 Å². The first-order valence-corrected chi connectivity index (χ1v) is 5.21. The van der Waals surface area contributed by atoms with Gasteiger partial charge in [0.15, 0.2) is 5.82 Å². The first-order valence-electron chi connectivity index (χ1n) is 5.21. The lowest BCUT2D eigenvalue weighted by Crippen LogP contribution is -2.20. The molecule has 76 valence electrons. The number of rotatable bonds is 2. The third-order valence-electron chi connectivity index (χ3n) is 3.24. The fourth-order valence-corrected chi connectivity index (χ4v) is 2.30. The van der Waals surface area contributed by atoms with Crippen molar-refractivity contribution in [2.75, 3.05) is 0 Å². The standard InChI is InChI=1S/C11H16N2O/c1-8-4-3-5-9(8)10(14)11-12-6-7-13(11)2/h6-9H,3-5H2,1-2H3. The van der Waals surface area contributed by atoms with Gasteiger partial charge in [-0.3, -0.25) is 4.79 Å². The van der Waals surface area contributed by atoms with Gasteiger partial charge in [-0.2, -0.15) is 0 Å². The van der Waals surface area contributed by atoms with Gasteiger partial charge in [0.2, 0.25) is 5.78 Å². The molecule has 1 fully saturated rings. The number of nitrogens with zero attached hydrogens (tertiary/aromatic N) is 2. The Labute approximate surface area is 84.1 Å². The lowest BCUT2D eigenvalue weighted by molar-refractivity contribution is 0.0883. The monoisotopic (exact) mass is 192 g/mol. The quantitative estimate of drug-likeness (QED) is 0.672. The van der Waals surface area contributed by atoms with Crippen LogP contribution in [0.25, 0.3) is 0 Å².